The van der Waals surface area contributed by atoms with Gasteiger partial charge in [0.2, 0.25) is 5.78 Å². The van der Waals surface area contributed by atoms with E-state index in [4.69, 9.17) is 20.8 Å². The number of ketones is 1. The highest BCUT2D eigenvalue weighted by atomic mass is 35.5. The maximum atomic E-state index is 12.7. The molecule has 32 heavy (non-hydrogen) atoms. The second-order valence-corrected chi connectivity index (χ2v) is 8.87. The molecule has 1 N–H and O–H groups in total. The number of ether oxygens (including phenoxy) is 1. The van der Waals surface area contributed by atoms with Crippen LogP contribution < -0.4 is 4.72 Å². The van der Waals surface area contributed by atoms with Gasteiger partial charge < -0.3 is 9.15 Å². The van der Waals surface area contributed by atoms with Crippen molar-refractivity contribution in [1.82, 2.24) is 0 Å². The number of fused-ring (bicyclic) bond motifs is 1. The van der Waals surface area contributed by atoms with Gasteiger partial charge in [-0.2, -0.15) is 0 Å². The number of para-hydroxylation sites is 2. The molecule has 0 saturated heterocycles. The number of sulfonamides is 1. The van der Waals surface area contributed by atoms with E-state index in [0.717, 1.165) is 5.39 Å². The number of carbonyl (C=O) groups excluding carboxylic acids is 2. The molecule has 0 spiro atoms. The zero-order valence-corrected chi connectivity index (χ0v) is 18.0. The maximum Gasteiger partial charge on any atom is 0.340 e. The molecule has 7 nitrogen and oxygen atoms in total. The largest absolute Gasteiger partial charge is 0.453 e. The SMILES string of the molecule is O=C(COC(=O)c1ccccc1NS(=O)(=O)c1ccc(Cl)cc1)c1cc2ccccc2o1. The average Bonchev–Trinajstić information content (AvgIpc) is 3.22. The molecule has 162 valence electrons. The molecule has 1 aromatic heterocycles. The Morgan fingerprint density at radius 3 is 2.38 bits per heavy atom. The van der Waals surface area contributed by atoms with Crippen molar-refractivity contribution in [3.05, 3.63) is 95.2 Å². The normalized spacial score (nSPS) is 11.3. The van der Waals surface area contributed by atoms with Crippen molar-refractivity contribution in [1.29, 1.82) is 0 Å². The Balaban J connectivity index is 1.48. The summed E-state index contributed by atoms with van der Waals surface area (Å²) in [6.07, 6.45) is 0. The molecule has 4 rings (SSSR count). The second kappa shape index (κ2) is 8.86. The molecule has 0 saturated carbocycles. The molecule has 0 atom stereocenters. The van der Waals surface area contributed by atoms with Gasteiger partial charge in [-0.3, -0.25) is 9.52 Å². The number of anilines is 1. The molecule has 4 aromatic rings. The van der Waals surface area contributed by atoms with Gasteiger partial charge in [0.05, 0.1) is 16.1 Å². The molecule has 0 fully saturated rings. The number of furan rings is 1. The quantitative estimate of drug-likeness (QED) is 0.304. The van der Waals surface area contributed by atoms with Gasteiger partial charge in [0.15, 0.2) is 12.4 Å². The summed E-state index contributed by atoms with van der Waals surface area (Å²) in [7, 11) is -3.97. The predicted octanol–water partition coefficient (Wildman–Crippen LogP) is 4.93. The Morgan fingerprint density at radius 1 is 0.938 bits per heavy atom. The van der Waals surface area contributed by atoms with Crippen LogP contribution in [0.25, 0.3) is 11.0 Å². The van der Waals surface area contributed by atoms with Crippen LogP contribution in [0.4, 0.5) is 5.69 Å². The highest BCUT2D eigenvalue weighted by Gasteiger charge is 2.21. The molecule has 0 bridgehead atoms. The fourth-order valence-electron chi connectivity index (χ4n) is 2.97. The number of hydrogen-bond acceptors (Lipinski definition) is 6. The first-order valence-corrected chi connectivity index (χ1v) is 11.3. The van der Waals surface area contributed by atoms with Crippen LogP contribution >= 0.6 is 11.6 Å². The number of hydrogen-bond donors (Lipinski definition) is 1. The zero-order chi connectivity index (χ0) is 22.7. The van der Waals surface area contributed by atoms with E-state index in [1.54, 1.807) is 36.4 Å². The fraction of sp³-hybridized carbons (Fsp3) is 0.0435. The van der Waals surface area contributed by atoms with E-state index >= 15 is 0 Å². The number of carbonyl (C=O) groups is 2. The summed E-state index contributed by atoms with van der Waals surface area (Å²) in [6, 6.07) is 20.2. The molecule has 0 radical (unpaired) electrons. The van der Waals surface area contributed by atoms with Crippen molar-refractivity contribution in [3.63, 3.8) is 0 Å². The van der Waals surface area contributed by atoms with Gasteiger partial charge >= 0.3 is 5.97 Å². The standard InChI is InChI=1S/C23H16ClNO6S/c24-16-9-11-17(12-10-16)32(28,29)25-19-7-3-2-6-18(19)23(27)30-14-20(26)22-13-15-5-1-4-8-21(15)31-22/h1-13,25H,14H2. The van der Waals surface area contributed by atoms with Crippen LogP contribution in [-0.4, -0.2) is 26.8 Å². The minimum absolute atomic E-state index is 0.0173. The lowest BCUT2D eigenvalue weighted by molar-refractivity contribution is 0.0469. The summed E-state index contributed by atoms with van der Waals surface area (Å²) < 4.78 is 38.3. The van der Waals surface area contributed by atoms with Crippen molar-refractivity contribution in [3.8, 4) is 0 Å². The molecule has 1 heterocycles. The summed E-state index contributed by atoms with van der Waals surface area (Å²) in [5.74, 6) is -1.31. The minimum Gasteiger partial charge on any atom is -0.453 e. The Bertz CT molecular complexity index is 1380. The first-order chi connectivity index (χ1) is 15.3. The lowest BCUT2D eigenvalue weighted by atomic mass is 10.2. The van der Waals surface area contributed by atoms with E-state index in [1.165, 1.54) is 36.4 Å². The number of halogens is 1. The molecule has 0 aliphatic rings. The third-order valence-corrected chi connectivity index (χ3v) is 6.18. The van der Waals surface area contributed by atoms with Crippen LogP contribution in [0.15, 0.2) is 88.2 Å². The summed E-state index contributed by atoms with van der Waals surface area (Å²) in [6.45, 7) is -0.559. The molecule has 0 aliphatic heterocycles. The third-order valence-electron chi connectivity index (χ3n) is 4.55. The van der Waals surface area contributed by atoms with E-state index in [0.29, 0.717) is 10.6 Å². The van der Waals surface area contributed by atoms with E-state index in [9.17, 15) is 18.0 Å². The van der Waals surface area contributed by atoms with Crippen molar-refractivity contribution in [2.45, 2.75) is 4.90 Å². The van der Waals surface area contributed by atoms with Gasteiger partial charge in [0.25, 0.3) is 10.0 Å². The Labute approximate surface area is 188 Å². The number of benzene rings is 3. The van der Waals surface area contributed by atoms with Crippen LogP contribution in [0.1, 0.15) is 20.9 Å². The van der Waals surface area contributed by atoms with Gasteiger partial charge in [-0.05, 0) is 48.5 Å². The van der Waals surface area contributed by atoms with Crippen LogP contribution in [0.2, 0.25) is 5.02 Å². The van der Waals surface area contributed by atoms with E-state index < -0.39 is 28.4 Å². The van der Waals surface area contributed by atoms with Crippen molar-refractivity contribution >= 4 is 50.0 Å². The molecule has 3 aromatic carbocycles. The number of nitrogens with one attached hydrogen (secondary N) is 1. The lowest BCUT2D eigenvalue weighted by Crippen LogP contribution is -2.18. The van der Waals surface area contributed by atoms with Gasteiger partial charge in [0.1, 0.15) is 5.58 Å². The zero-order valence-electron chi connectivity index (χ0n) is 16.4. The average molecular weight is 470 g/mol. The van der Waals surface area contributed by atoms with Gasteiger partial charge in [-0.15, -0.1) is 0 Å². The Kier molecular flexibility index (Phi) is 5.98. The van der Waals surface area contributed by atoms with Gasteiger partial charge in [-0.1, -0.05) is 41.9 Å². The second-order valence-electron chi connectivity index (χ2n) is 6.75. The topological polar surface area (TPSA) is 103 Å². The summed E-state index contributed by atoms with van der Waals surface area (Å²) in [5.41, 5.74) is 0.523. The van der Waals surface area contributed by atoms with E-state index in [2.05, 4.69) is 4.72 Å². The third kappa shape index (κ3) is 4.66. The van der Waals surface area contributed by atoms with Crippen molar-refractivity contribution in [2.24, 2.45) is 0 Å². The lowest BCUT2D eigenvalue weighted by Gasteiger charge is -2.12. The van der Waals surface area contributed by atoms with Crippen LogP contribution in [-0.2, 0) is 14.8 Å². The molecule has 9 heteroatoms. The summed E-state index contributed by atoms with van der Waals surface area (Å²) in [4.78, 5) is 24.9. The van der Waals surface area contributed by atoms with E-state index in [-0.39, 0.29) is 21.9 Å². The first kappa shape index (κ1) is 21.6. The predicted molar refractivity (Wildman–Crippen MR) is 120 cm³/mol. The maximum absolute atomic E-state index is 12.7. The van der Waals surface area contributed by atoms with Crippen LogP contribution in [0.3, 0.4) is 0 Å². The van der Waals surface area contributed by atoms with E-state index in [1.807, 2.05) is 6.07 Å². The smallest absolute Gasteiger partial charge is 0.340 e. The molecule has 0 unspecified atom stereocenters. The van der Waals surface area contributed by atoms with Crippen molar-refractivity contribution < 1.29 is 27.2 Å². The summed E-state index contributed by atoms with van der Waals surface area (Å²) in [5, 5.41) is 1.14. The van der Waals surface area contributed by atoms with Crippen LogP contribution in [0.5, 0.6) is 0 Å². The monoisotopic (exact) mass is 469 g/mol. The Morgan fingerprint density at radius 2 is 1.62 bits per heavy atom. The molecule has 0 amide bonds. The van der Waals surface area contributed by atoms with Crippen LogP contribution in [0, 0.1) is 0 Å². The Hall–Kier alpha value is -3.62. The highest BCUT2D eigenvalue weighted by Crippen LogP contribution is 2.23. The fourth-order valence-corrected chi connectivity index (χ4v) is 4.17. The molecule has 0 aliphatic carbocycles. The highest BCUT2D eigenvalue weighted by molar-refractivity contribution is 7.92. The van der Waals surface area contributed by atoms with Crippen molar-refractivity contribution in [2.75, 3.05) is 11.3 Å². The first-order valence-electron chi connectivity index (χ1n) is 9.40. The summed E-state index contributed by atoms with van der Waals surface area (Å²) >= 11 is 5.81. The number of Topliss-reactive ketones (excluding diaryl/α,β-unsaturated/α-hetero) is 1. The molecular weight excluding hydrogens is 454 g/mol. The minimum atomic E-state index is -3.97. The number of esters is 1. The number of rotatable bonds is 7. The van der Waals surface area contributed by atoms with Gasteiger partial charge in [0, 0.05) is 10.4 Å². The molecular formula is C23H16ClNO6S. The van der Waals surface area contributed by atoms with Gasteiger partial charge in [-0.25, -0.2) is 13.2 Å².